The van der Waals surface area contributed by atoms with Gasteiger partial charge in [0.25, 0.3) is 5.91 Å². The molecule has 2 rings (SSSR count). The quantitative estimate of drug-likeness (QED) is 0.801. The number of hydrogen-bond donors (Lipinski definition) is 2. The van der Waals surface area contributed by atoms with Crippen LogP contribution >= 0.6 is 0 Å². The van der Waals surface area contributed by atoms with Crippen LogP contribution in [0.25, 0.3) is 0 Å². The molecule has 2 aromatic carbocycles. The van der Waals surface area contributed by atoms with Crippen LogP contribution in [0.2, 0.25) is 0 Å². The van der Waals surface area contributed by atoms with Crippen molar-refractivity contribution in [3.63, 3.8) is 0 Å². The maximum atomic E-state index is 14.0. The molecule has 0 heterocycles. The Balaban J connectivity index is 1.95. The van der Waals surface area contributed by atoms with E-state index in [1.165, 1.54) is 30.7 Å². The summed E-state index contributed by atoms with van der Waals surface area (Å²) in [6.45, 7) is 4.60. The normalized spacial score (nSPS) is 11.9. The lowest BCUT2D eigenvalue weighted by molar-refractivity contribution is -0.114. The fraction of sp³-hybridized carbons (Fsp3) is 0.300. The molecule has 0 fully saturated rings. The van der Waals surface area contributed by atoms with Crippen molar-refractivity contribution in [1.29, 1.82) is 0 Å². The van der Waals surface area contributed by atoms with Gasteiger partial charge in [-0.25, -0.2) is 4.39 Å². The summed E-state index contributed by atoms with van der Waals surface area (Å²) in [6.07, 6.45) is 0. The first-order valence-electron chi connectivity index (χ1n) is 8.45. The monoisotopic (exact) mass is 357 g/mol. The second-order valence-corrected chi connectivity index (χ2v) is 6.43. The van der Waals surface area contributed by atoms with Crippen molar-refractivity contribution in [2.45, 2.75) is 26.4 Å². The van der Waals surface area contributed by atoms with E-state index in [2.05, 4.69) is 15.5 Å². The van der Waals surface area contributed by atoms with Crippen LogP contribution in [0.5, 0.6) is 0 Å². The Kier molecular flexibility index (Phi) is 6.86. The molecule has 2 aromatic rings. The molecule has 26 heavy (non-hydrogen) atoms. The van der Waals surface area contributed by atoms with Crippen molar-refractivity contribution < 1.29 is 14.0 Å². The number of carbonyl (C=O) groups is 2. The van der Waals surface area contributed by atoms with Crippen molar-refractivity contribution in [1.82, 2.24) is 10.2 Å². The minimum absolute atomic E-state index is 0.0891. The highest BCUT2D eigenvalue weighted by atomic mass is 19.1. The van der Waals surface area contributed by atoms with Gasteiger partial charge in [-0.1, -0.05) is 30.3 Å². The molecule has 0 aliphatic heterocycles. The zero-order valence-corrected chi connectivity index (χ0v) is 15.3. The number of benzene rings is 2. The molecule has 0 spiro atoms. The standard InChI is InChI=1S/C20H24FN3O2/c1-14(12-24(3)13-16-7-5-4-6-8-16)22-20(26)18-11-17(23-15(2)25)9-10-19(18)21/h4-11,14H,12-13H2,1-3H3,(H,22,26)(H,23,25)/t14-/m0/s1. The molecule has 2 amide bonds. The Hall–Kier alpha value is -2.73. The fourth-order valence-corrected chi connectivity index (χ4v) is 2.75. The molecule has 5 nitrogen and oxygen atoms in total. The molecule has 6 heteroatoms. The Morgan fingerprint density at radius 3 is 2.50 bits per heavy atom. The van der Waals surface area contributed by atoms with E-state index in [0.29, 0.717) is 12.2 Å². The molecule has 0 aliphatic carbocycles. The Bertz CT molecular complexity index is 765. The second kappa shape index (κ2) is 9.10. The average molecular weight is 357 g/mol. The Morgan fingerprint density at radius 2 is 1.85 bits per heavy atom. The summed E-state index contributed by atoms with van der Waals surface area (Å²) in [5, 5.41) is 5.35. The summed E-state index contributed by atoms with van der Waals surface area (Å²) in [5.74, 6) is -1.41. The van der Waals surface area contributed by atoms with Gasteiger partial charge < -0.3 is 15.5 Å². The van der Waals surface area contributed by atoms with Gasteiger partial charge in [0.2, 0.25) is 5.91 Å². The third-order valence-corrected chi connectivity index (χ3v) is 3.79. The van der Waals surface area contributed by atoms with Gasteiger partial charge in [-0.2, -0.15) is 0 Å². The van der Waals surface area contributed by atoms with E-state index in [9.17, 15) is 14.0 Å². The summed E-state index contributed by atoms with van der Waals surface area (Å²) in [5.41, 5.74) is 1.48. The molecular formula is C20H24FN3O2. The molecule has 0 aromatic heterocycles. The molecule has 1 atom stereocenters. The molecule has 0 saturated carbocycles. The Labute approximate surface area is 153 Å². The highest BCUT2D eigenvalue weighted by molar-refractivity contribution is 5.97. The molecule has 0 unspecified atom stereocenters. The van der Waals surface area contributed by atoms with Gasteiger partial charge >= 0.3 is 0 Å². The number of rotatable bonds is 7. The van der Waals surface area contributed by atoms with E-state index >= 15 is 0 Å². The molecular weight excluding hydrogens is 333 g/mol. The summed E-state index contributed by atoms with van der Waals surface area (Å²) in [7, 11) is 1.97. The number of halogens is 1. The third kappa shape index (κ3) is 5.97. The van der Waals surface area contributed by atoms with E-state index in [4.69, 9.17) is 0 Å². The highest BCUT2D eigenvalue weighted by Gasteiger charge is 2.16. The predicted octanol–water partition coefficient (Wildman–Crippen LogP) is 3.03. The highest BCUT2D eigenvalue weighted by Crippen LogP contribution is 2.15. The molecule has 2 N–H and O–H groups in total. The van der Waals surface area contributed by atoms with Crippen molar-refractivity contribution in [2.75, 3.05) is 18.9 Å². The van der Waals surface area contributed by atoms with Crippen LogP contribution in [-0.2, 0) is 11.3 Å². The van der Waals surface area contributed by atoms with E-state index in [0.717, 1.165) is 6.54 Å². The summed E-state index contributed by atoms with van der Waals surface area (Å²) < 4.78 is 14.0. The predicted molar refractivity (Wildman–Crippen MR) is 100 cm³/mol. The number of nitrogens with one attached hydrogen (secondary N) is 2. The van der Waals surface area contributed by atoms with E-state index in [-0.39, 0.29) is 17.5 Å². The van der Waals surface area contributed by atoms with Crippen LogP contribution < -0.4 is 10.6 Å². The van der Waals surface area contributed by atoms with Crippen LogP contribution in [0.4, 0.5) is 10.1 Å². The van der Waals surface area contributed by atoms with Crippen molar-refractivity contribution >= 4 is 17.5 Å². The molecule has 0 bridgehead atoms. The zero-order chi connectivity index (χ0) is 19.1. The minimum Gasteiger partial charge on any atom is -0.348 e. The van der Waals surface area contributed by atoms with Gasteiger partial charge in [-0.3, -0.25) is 9.59 Å². The summed E-state index contributed by atoms with van der Waals surface area (Å²) in [4.78, 5) is 25.6. The maximum absolute atomic E-state index is 14.0. The van der Waals surface area contributed by atoms with Gasteiger partial charge in [0.05, 0.1) is 5.56 Å². The van der Waals surface area contributed by atoms with Gasteiger partial charge in [-0.15, -0.1) is 0 Å². The number of carbonyl (C=O) groups excluding carboxylic acids is 2. The lowest BCUT2D eigenvalue weighted by atomic mass is 10.1. The topological polar surface area (TPSA) is 61.4 Å². The molecule has 138 valence electrons. The van der Waals surface area contributed by atoms with E-state index < -0.39 is 11.7 Å². The number of nitrogens with zero attached hydrogens (tertiary/aromatic N) is 1. The van der Waals surface area contributed by atoms with Crippen molar-refractivity contribution in [3.05, 3.63) is 65.5 Å². The SMILES string of the molecule is CC(=O)Nc1ccc(F)c(C(=O)N[C@@H](C)CN(C)Cc2ccccc2)c1. The smallest absolute Gasteiger partial charge is 0.254 e. The lowest BCUT2D eigenvalue weighted by Gasteiger charge is -2.22. The van der Waals surface area contributed by atoms with Gasteiger partial charge in [-0.05, 0) is 37.7 Å². The fourth-order valence-electron chi connectivity index (χ4n) is 2.75. The number of likely N-dealkylation sites (N-methyl/N-ethyl adjacent to an activating group) is 1. The number of anilines is 1. The van der Waals surface area contributed by atoms with Crippen LogP contribution in [0.15, 0.2) is 48.5 Å². The van der Waals surface area contributed by atoms with Crippen LogP contribution in [-0.4, -0.2) is 36.3 Å². The second-order valence-electron chi connectivity index (χ2n) is 6.43. The first-order chi connectivity index (χ1) is 12.3. The van der Waals surface area contributed by atoms with E-state index in [1.54, 1.807) is 0 Å². The van der Waals surface area contributed by atoms with Crippen LogP contribution in [0.1, 0.15) is 29.8 Å². The summed E-state index contributed by atoms with van der Waals surface area (Å²) >= 11 is 0. The van der Waals surface area contributed by atoms with Gasteiger partial charge in [0.15, 0.2) is 0 Å². The zero-order valence-electron chi connectivity index (χ0n) is 15.3. The van der Waals surface area contributed by atoms with Crippen molar-refractivity contribution in [3.8, 4) is 0 Å². The van der Waals surface area contributed by atoms with Gasteiger partial charge in [0.1, 0.15) is 5.82 Å². The first-order valence-corrected chi connectivity index (χ1v) is 8.45. The minimum atomic E-state index is -0.624. The Morgan fingerprint density at radius 1 is 1.15 bits per heavy atom. The first kappa shape index (κ1) is 19.6. The molecule has 0 aliphatic rings. The van der Waals surface area contributed by atoms with E-state index in [1.807, 2.05) is 44.3 Å². The third-order valence-electron chi connectivity index (χ3n) is 3.79. The molecule has 0 radical (unpaired) electrons. The van der Waals surface area contributed by atoms with Crippen LogP contribution in [0, 0.1) is 5.82 Å². The number of hydrogen-bond acceptors (Lipinski definition) is 3. The number of amides is 2. The average Bonchev–Trinajstić information content (AvgIpc) is 2.56. The lowest BCUT2D eigenvalue weighted by Crippen LogP contribution is -2.40. The summed E-state index contributed by atoms with van der Waals surface area (Å²) in [6, 6.07) is 13.8. The molecule has 0 saturated heterocycles. The largest absolute Gasteiger partial charge is 0.348 e. The van der Waals surface area contributed by atoms with Gasteiger partial charge in [0, 0.05) is 31.7 Å². The van der Waals surface area contributed by atoms with Crippen LogP contribution in [0.3, 0.4) is 0 Å². The van der Waals surface area contributed by atoms with Crippen molar-refractivity contribution in [2.24, 2.45) is 0 Å². The maximum Gasteiger partial charge on any atom is 0.254 e.